The molecule has 0 aliphatic rings. The number of hydrogen-bond acceptors (Lipinski definition) is 1. The van der Waals surface area contributed by atoms with Crippen LogP contribution in [0.4, 0.5) is 17.6 Å². The maximum atomic E-state index is 13.2. The maximum absolute atomic E-state index is 13.2. The second-order valence-electron chi connectivity index (χ2n) is 3.71. The standard InChI is InChI=1S/C7H10F4O2/c1-5(2,3)6(8,4(12)13)7(9,10)11/h1-3H3,(H,12,13). The summed E-state index contributed by atoms with van der Waals surface area (Å²) in [6.45, 7) is 2.65. The topological polar surface area (TPSA) is 37.3 Å². The van der Waals surface area contributed by atoms with E-state index >= 15 is 0 Å². The van der Waals surface area contributed by atoms with Crippen molar-refractivity contribution in [1.29, 1.82) is 0 Å². The van der Waals surface area contributed by atoms with Gasteiger partial charge in [0, 0.05) is 5.41 Å². The highest BCUT2D eigenvalue weighted by atomic mass is 19.4. The van der Waals surface area contributed by atoms with Gasteiger partial charge in [0.05, 0.1) is 0 Å². The summed E-state index contributed by atoms with van der Waals surface area (Å²) in [4.78, 5) is 10.2. The summed E-state index contributed by atoms with van der Waals surface area (Å²) in [6, 6.07) is 0. The first-order chi connectivity index (χ1) is 5.44. The van der Waals surface area contributed by atoms with E-state index in [0.717, 1.165) is 20.8 Å². The van der Waals surface area contributed by atoms with E-state index in [9.17, 15) is 22.4 Å². The lowest BCUT2D eigenvalue weighted by Gasteiger charge is -2.34. The highest BCUT2D eigenvalue weighted by Gasteiger charge is 2.68. The molecule has 0 spiro atoms. The molecule has 0 rings (SSSR count). The summed E-state index contributed by atoms with van der Waals surface area (Å²) < 4.78 is 49.5. The predicted molar refractivity (Wildman–Crippen MR) is 37.0 cm³/mol. The molecule has 2 nitrogen and oxygen atoms in total. The van der Waals surface area contributed by atoms with Crippen molar-refractivity contribution < 1.29 is 27.5 Å². The van der Waals surface area contributed by atoms with Crippen molar-refractivity contribution in [1.82, 2.24) is 0 Å². The quantitative estimate of drug-likeness (QED) is 0.663. The number of carboxylic acid groups (broad SMARTS) is 1. The third-order valence-electron chi connectivity index (χ3n) is 1.72. The van der Waals surface area contributed by atoms with E-state index in [1.54, 1.807) is 0 Å². The van der Waals surface area contributed by atoms with Crippen molar-refractivity contribution >= 4 is 5.97 Å². The molecule has 13 heavy (non-hydrogen) atoms. The third kappa shape index (κ3) is 1.76. The average Bonchev–Trinajstić information content (AvgIpc) is 1.80. The number of hydrogen-bond donors (Lipinski definition) is 1. The first-order valence-corrected chi connectivity index (χ1v) is 3.43. The molecule has 0 amide bonds. The largest absolute Gasteiger partial charge is 0.479 e. The Labute approximate surface area is 72.5 Å². The molecule has 0 fully saturated rings. The molecular weight excluding hydrogens is 192 g/mol. The van der Waals surface area contributed by atoms with E-state index in [1.165, 1.54) is 0 Å². The number of aliphatic carboxylic acids is 1. The molecule has 0 radical (unpaired) electrons. The van der Waals surface area contributed by atoms with Gasteiger partial charge in [-0.25, -0.2) is 9.18 Å². The highest BCUT2D eigenvalue weighted by Crippen LogP contribution is 2.46. The van der Waals surface area contributed by atoms with Gasteiger partial charge in [0.25, 0.3) is 0 Å². The second-order valence-corrected chi connectivity index (χ2v) is 3.71. The summed E-state index contributed by atoms with van der Waals surface area (Å²) in [6.07, 6.45) is -5.41. The molecule has 0 aromatic carbocycles. The van der Waals surface area contributed by atoms with Crippen LogP contribution in [-0.2, 0) is 4.79 Å². The van der Waals surface area contributed by atoms with Crippen LogP contribution in [0, 0.1) is 5.41 Å². The van der Waals surface area contributed by atoms with Crippen LogP contribution >= 0.6 is 0 Å². The van der Waals surface area contributed by atoms with Gasteiger partial charge in [-0.2, -0.15) is 13.2 Å². The fourth-order valence-electron chi connectivity index (χ4n) is 0.867. The van der Waals surface area contributed by atoms with Crippen LogP contribution in [0.3, 0.4) is 0 Å². The Morgan fingerprint density at radius 1 is 1.08 bits per heavy atom. The number of alkyl halides is 4. The van der Waals surface area contributed by atoms with Crippen LogP contribution in [0.25, 0.3) is 0 Å². The van der Waals surface area contributed by atoms with Gasteiger partial charge in [0.1, 0.15) is 0 Å². The van der Waals surface area contributed by atoms with Gasteiger partial charge < -0.3 is 5.11 Å². The Hall–Kier alpha value is -0.810. The Morgan fingerprint density at radius 3 is 1.38 bits per heavy atom. The van der Waals surface area contributed by atoms with E-state index in [0.29, 0.717) is 0 Å². The molecule has 0 saturated heterocycles. The number of carboxylic acids is 1. The monoisotopic (exact) mass is 202 g/mol. The van der Waals surface area contributed by atoms with Crippen LogP contribution in [0.1, 0.15) is 20.8 Å². The van der Waals surface area contributed by atoms with E-state index in [4.69, 9.17) is 5.11 Å². The second kappa shape index (κ2) is 2.85. The maximum Gasteiger partial charge on any atom is 0.434 e. The Balaban J connectivity index is 5.35. The number of rotatable bonds is 1. The molecule has 0 aromatic heterocycles. The number of halogens is 4. The molecule has 6 heteroatoms. The third-order valence-corrected chi connectivity index (χ3v) is 1.72. The molecule has 1 atom stereocenters. The lowest BCUT2D eigenvalue weighted by atomic mass is 9.77. The average molecular weight is 202 g/mol. The molecule has 1 N–H and O–H groups in total. The van der Waals surface area contributed by atoms with Crippen LogP contribution in [0.15, 0.2) is 0 Å². The van der Waals surface area contributed by atoms with Gasteiger partial charge >= 0.3 is 17.8 Å². The zero-order valence-electron chi connectivity index (χ0n) is 7.37. The minimum atomic E-state index is -5.41. The first kappa shape index (κ1) is 12.2. The van der Waals surface area contributed by atoms with Gasteiger partial charge in [-0.15, -0.1) is 0 Å². The molecular formula is C7H10F4O2. The van der Waals surface area contributed by atoms with Crippen molar-refractivity contribution in [3.63, 3.8) is 0 Å². The van der Waals surface area contributed by atoms with Gasteiger partial charge in [-0.1, -0.05) is 20.8 Å². The van der Waals surface area contributed by atoms with Crippen molar-refractivity contribution in [3.05, 3.63) is 0 Å². The van der Waals surface area contributed by atoms with Crippen LogP contribution in [-0.4, -0.2) is 22.9 Å². The van der Waals surface area contributed by atoms with E-state index < -0.39 is 23.2 Å². The minimum absolute atomic E-state index is 0.884. The molecule has 78 valence electrons. The summed E-state index contributed by atoms with van der Waals surface area (Å²) in [5.74, 6) is -2.51. The summed E-state index contributed by atoms with van der Waals surface area (Å²) in [5.41, 5.74) is -6.24. The van der Waals surface area contributed by atoms with Crippen LogP contribution in [0.2, 0.25) is 0 Å². The Bertz CT molecular complexity index is 200. The van der Waals surface area contributed by atoms with Gasteiger partial charge in [0.2, 0.25) is 0 Å². The van der Waals surface area contributed by atoms with Crippen molar-refractivity contribution in [2.45, 2.75) is 32.6 Å². The number of carbonyl (C=O) groups is 1. The van der Waals surface area contributed by atoms with Crippen molar-refractivity contribution in [2.24, 2.45) is 5.41 Å². The molecule has 0 bridgehead atoms. The molecule has 1 unspecified atom stereocenters. The highest BCUT2D eigenvalue weighted by molar-refractivity contribution is 5.79. The summed E-state index contributed by atoms with van der Waals surface area (Å²) in [7, 11) is 0. The minimum Gasteiger partial charge on any atom is -0.479 e. The lowest BCUT2D eigenvalue weighted by molar-refractivity contribution is -0.262. The zero-order valence-corrected chi connectivity index (χ0v) is 7.37. The van der Waals surface area contributed by atoms with Crippen LogP contribution < -0.4 is 0 Å². The van der Waals surface area contributed by atoms with E-state index in [2.05, 4.69) is 0 Å². The molecule has 0 aromatic rings. The predicted octanol–water partition coefficient (Wildman–Crippen LogP) is 2.39. The smallest absolute Gasteiger partial charge is 0.434 e. The molecule has 0 aliphatic heterocycles. The van der Waals surface area contributed by atoms with Crippen molar-refractivity contribution in [3.8, 4) is 0 Å². The van der Waals surface area contributed by atoms with Gasteiger partial charge in [0.15, 0.2) is 0 Å². The molecule has 0 aliphatic carbocycles. The van der Waals surface area contributed by atoms with Crippen LogP contribution in [0.5, 0.6) is 0 Å². The fraction of sp³-hybridized carbons (Fsp3) is 0.857. The van der Waals surface area contributed by atoms with E-state index in [1.807, 2.05) is 0 Å². The van der Waals surface area contributed by atoms with Crippen molar-refractivity contribution in [2.75, 3.05) is 0 Å². The normalized spacial score (nSPS) is 18.1. The fourth-order valence-corrected chi connectivity index (χ4v) is 0.867. The SMILES string of the molecule is CC(C)(C)C(F)(C(=O)O)C(F)(F)F. The van der Waals surface area contributed by atoms with E-state index in [-0.39, 0.29) is 0 Å². The summed E-state index contributed by atoms with van der Waals surface area (Å²) in [5, 5.41) is 8.21. The zero-order chi connectivity index (χ0) is 11.1. The molecule has 0 saturated carbocycles. The Kier molecular flexibility index (Phi) is 2.67. The van der Waals surface area contributed by atoms with Gasteiger partial charge in [-0.05, 0) is 0 Å². The Morgan fingerprint density at radius 2 is 1.38 bits per heavy atom. The van der Waals surface area contributed by atoms with Gasteiger partial charge in [-0.3, -0.25) is 0 Å². The molecule has 0 heterocycles. The summed E-state index contributed by atoms with van der Waals surface area (Å²) >= 11 is 0. The first-order valence-electron chi connectivity index (χ1n) is 3.43. The lowest BCUT2D eigenvalue weighted by Crippen LogP contribution is -2.57.